The molecule has 2 aromatic carbocycles. The quantitative estimate of drug-likeness (QED) is 0.914. The standard InChI is InChI=1S/C19H19N3O2.ClH/c20-19-21-15(12-24-19)8-5-13-6-9-16(10-7-13)22-11-14-3-1-2-4-17(14)18(22)23;/h1-4,6-7,9-10,15H,5,8,11-12H2,(H2,20,21);1H. The zero-order chi connectivity index (χ0) is 16.5. The molecule has 2 aliphatic heterocycles. The van der Waals surface area contributed by atoms with Gasteiger partial charge in [0.2, 0.25) is 0 Å². The SMILES string of the molecule is Cl.NC1=NC(CCc2ccc(N3Cc4ccccc4C3=O)cc2)CO1. The minimum atomic E-state index is 0. The van der Waals surface area contributed by atoms with Crippen molar-refractivity contribution in [3.63, 3.8) is 0 Å². The lowest BCUT2D eigenvalue weighted by atomic mass is 10.1. The van der Waals surface area contributed by atoms with Crippen LogP contribution in [0.4, 0.5) is 5.69 Å². The van der Waals surface area contributed by atoms with Crippen LogP contribution >= 0.6 is 12.4 Å². The Morgan fingerprint density at radius 1 is 1.16 bits per heavy atom. The molecule has 2 aliphatic rings. The van der Waals surface area contributed by atoms with E-state index in [9.17, 15) is 4.79 Å². The van der Waals surface area contributed by atoms with E-state index in [1.807, 2.05) is 41.3 Å². The molecule has 4 rings (SSSR count). The lowest BCUT2D eigenvalue weighted by Crippen LogP contribution is -2.22. The third-order valence-electron chi connectivity index (χ3n) is 4.57. The molecule has 0 saturated carbocycles. The second-order valence-electron chi connectivity index (χ2n) is 6.19. The zero-order valence-electron chi connectivity index (χ0n) is 13.7. The van der Waals surface area contributed by atoms with Crippen molar-refractivity contribution in [1.82, 2.24) is 0 Å². The molecule has 1 atom stereocenters. The average Bonchev–Trinajstić information content (AvgIpc) is 3.17. The van der Waals surface area contributed by atoms with E-state index in [1.165, 1.54) is 5.56 Å². The number of rotatable bonds is 4. The van der Waals surface area contributed by atoms with Crippen LogP contribution in [-0.2, 0) is 17.7 Å². The first-order valence-corrected chi connectivity index (χ1v) is 8.15. The Labute approximate surface area is 152 Å². The molecular formula is C19H20ClN3O2. The Morgan fingerprint density at radius 3 is 2.60 bits per heavy atom. The van der Waals surface area contributed by atoms with E-state index in [1.54, 1.807) is 0 Å². The van der Waals surface area contributed by atoms with Gasteiger partial charge in [-0.15, -0.1) is 12.4 Å². The number of benzene rings is 2. The molecule has 2 aromatic rings. The summed E-state index contributed by atoms with van der Waals surface area (Å²) in [6, 6.07) is 16.4. The van der Waals surface area contributed by atoms with Gasteiger partial charge in [-0.05, 0) is 42.2 Å². The van der Waals surface area contributed by atoms with Crippen molar-refractivity contribution in [2.45, 2.75) is 25.4 Å². The first kappa shape index (κ1) is 17.3. The Bertz CT molecular complexity index is 805. The largest absolute Gasteiger partial charge is 0.463 e. The van der Waals surface area contributed by atoms with Gasteiger partial charge < -0.3 is 15.4 Å². The van der Waals surface area contributed by atoms with Gasteiger partial charge in [0.25, 0.3) is 11.9 Å². The molecule has 25 heavy (non-hydrogen) atoms. The van der Waals surface area contributed by atoms with E-state index in [0.717, 1.165) is 29.7 Å². The van der Waals surface area contributed by atoms with Crippen molar-refractivity contribution in [2.75, 3.05) is 11.5 Å². The molecule has 1 amide bonds. The van der Waals surface area contributed by atoms with E-state index >= 15 is 0 Å². The number of nitrogens with zero attached hydrogens (tertiary/aromatic N) is 2. The second-order valence-corrected chi connectivity index (χ2v) is 6.19. The Balaban J connectivity index is 0.00000182. The molecule has 2 heterocycles. The van der Waals surface area contributed by atoms with Crippen molar-refractivity contribution in [2.24, 2.45) is 10.7 Å². The van der Waals surface area contributed by atoms with Gasteiger partial charge in [0.15, 0.2) is 0 Å². The fourth-order valence-corrected chi connectivity index (χ4v) is 3.22. The number of anilines is 1. The zero-order valence-corrected chi connectivity index (χ0v) is 14.5. The summed E-state index contributed by atoms with van der Waals surface area (Å²) in [4.78, 5) is 18.6. The minimum Gasteiger partial charge on any atom is -0.463 e. The predicted octanol–water partition coefficient (Wildman–Crippen LogP) is 2.91. The van der Waals surface area contributed by atoms with E-state index in [-0.39, 0.29) is 24.4 Å². The van der Waals surface area contributed by atoms with Crippen LogP contribution in [0.25, 0.3) is 0 Å². The number of carbonyl (C=O) groups is 1. The summed E-state index contributed by atoms with van der Waals surface area (Å²) < 4.78 is 5.17. The van der Waals surface area contributed by atoms with E-state index in [2.05, 4.69) is 17.1 Å². The average molecular weight is 358 g/mol. The number of halogens is 1. The molecule has 0 bridgehead atoms. The van der Waals surface area contributed by atoms with Crippen LogP contribution in [0.15, 0.2) is 53.5 Å². The van der Waals surface area contributed by atoms with Crippen LogP contribution in [0, 0.1) is 0 Å². The summed E-state index contributed by atoms with van der Waals surface area (Å²) in [5.74, 6) is 0.0752. The number of ether oxygens (including phenoxy) is 1. The number of aryl methyl sites for hydroxylation is 1. The number of nitrogens with two attached hydrogens (primary N) is 1. The summed E-state index contributed by atoms with van der Waals surface area (Å²) in [6.45, 7) is 1.21. The van der Waals surface area contributed by atoms with Gasteiger partial charge in [0, 0.05) is 11.3 Å². The summed E-state index contributed by atoms with van der Waals surface area (Å²) in [5.41, 5.74) is 9.58. The van der Waals surface area contributed by atoms with E-state index < -0.39 is 0 Å². The molecule has 130 valence electrons. The number of amidine groups is 1. The number of carbonyl (C=O) groups excluding carboxylic acids is 1. The van der Waals surface area contributed by atoms with Gasteiger partial charge in [-0.25, -0.2) is 4.99 Å². The topological polar surface area (TPSA) is 67.9 Å². The molecule has 0 aromatic heterocycles. The van der Waals surface area contributed by atoms with Gasteiger partial charge >= 0.3 is 0 Å². The Kier molecular flexibility index (Phi) is 4.95. The normalized spacial score (nSPS) is 18.4. The van der Waals surface area contributed by atoms with Crippen LogP contribution < -0.4 is 10.6 Å². The van der Waals surface area contributed by atoms with Gasteiger partial charge in [-0.3, -0.25) is 4.79 Å². The van der Waals surface area contributed by atoms with E-state index in [0.29, 0.717) is 19.2 Å². The highest BCUT2D eigenvalue weighted by Crippen LogP contribution is 2.28. The highest BCUT2D eigenvalue weighted by Gasteiger charge is 2.27. The van der Waals surface area contributed by atoms with Crippen molar-refractivity contribution in [3.05, 3.63) is 65.2 Å². The van der Waals surface area contributed by atoms with Crippen LogP contribution in [0.3, 0.4) is 0 Å². The van der Waals surface area contributed by atoms with Crippen LogP contribution in [0.2, 0.25) is 0 Å². The summed E-state index contributed by atoms with van der Waals surface area (Å²) in [7, 11) is 0. The highest BCUT2D eigenvalue weighted by molar-refractivity contribution is 6.09. The van der Waals surface area contributed by atoms with Gasteiger partial charge in [-0.2, -0.15) is 0 Å². The third-order valence-corrected chi connectivity index (χ3v) is 4.57. The summed E-state index contributed by atoms with van der Waals surface area (Å²) in [5, 5.41) is 0. The van der Waals surface area contributed by atoms with E-state index in [4.69, 9.17) is 10.5 Å². The Hall–Kier alpha value is -2.53. The van der Waals surface area contributed by atoms with Crippen molar-refractivity contribution in [3.8, 4) is 0 Å². The second kappa shape index (κ2) is 7.15. The van der Waals surface area contributed by atoms with Crippen molar-refractivity contribution < 1.29 is 9.53 Å². The summed E-state index contributed by atoms with van der Waals surface area (Å²) >= 11 is 0. The molecule has 0 radical (unpaired) electrons. The molecule has 0 saturated heterocycles. The first-order valence-electron chi connectivity index (χ1n) is 8.15. The monoisotopic (exact) mass is 357 g/mol. The lowest BCUT2D eigenvalue weighted by molar-refractivity contribution is 0.0996. The number of hydrogen-bond donors (Lipinski definition) is 1. The number of amides is 1. The number of hydrogen-bond acceptors (Lipinski definition) is 4. The molecular weight excluding hydrogens is 338 g/mol. The van der Waals surface area contributed by atoms with Crippen LogP contribution in [-0.4, -0.2) is 24.6 Å². The molecule has 0 aliphatic carbocycles. The number of fused-ring (bicyclic) bond motifs is 1. The predicted molar refractivity (Wildman–Crippen MR) is 100 cm³/mol. The summed E-state index contributed by atoms with van der Waals surface area (Å²) in [6.07, 6.45) is 1.83. The van der Waals surface area contributed by atoms with Gasteiger partial charge in [-0.1, -0.05) is 30.3 Å². The van der Waals surface area contributed by atoms with Gasteiger partial charge in [0.05, 0.1) is 12.6 Å². The highest BCUT2D eigenvalue weighted by atomic mass is 35.5. The molecule has 5 nitrogen and oxygen atoms in total. The molecule has 1 unspecified atom stereocenters. The lowest BCUT2D eigenvalue weighted by Gasteiger charge is -2.16. The molecule has 0 spiro atoms. The van der Waals surface area contributed by atoms with Crippen LogP contribution in [0.5, 0.6) is 0 Å². The molecule has 2 N–H and O–H groups in total. The molecule has 0 fully saturated rings. The smallest absolute Gasteiger partial charge is 0.282 e. The maximum Gasteiger partial charge on any atom is 0.282 e. The van der Waals surface area contributed by atoms with Gasteiger partial charge in [0.1, 0.15) is 6.61 Å². The fraction of sp³-hybridized carbons (Fsp3) is 0.263. The number of aliphatic imine (C=N–C) groups is 1. The first-order chi connectivity index (χ1) is 11.7. The van der Waals surface area contributed by atoms with Crippen molar-refractivity contribution >= 4 is 30.0 Å². The third kappa shape index (κ3) is 3.46. The maximum atomic E-state index is 12.5. The Morgan fingerprint density at radius 2 is 1.92 bits per heavy atom. The fourth-order valence-electron chi connectivity index (χ4n) is 3.22. The minimum absolute atomic E-state index is 0. The van der Waals surface area contributed by atoms with Crippen molar-refractivity contribution in [1.29, 1.82) is 0 Å². The maximum absolute atomic E-state index is 12.5. The van der Waals surface area contributed by atoms with Crippen LogP contribution in [0.1, 0.15) is 27.9 Å². The molecule has 6 heteroatoms.